The molecule has 126 valence electrons. The number of aromatic amines is 1. The van der Waals surface area contributed by atoms with Crippen LogP contribution in [0.1, 0.15) is 47.6 Å². The number of rotatable bonds is 5. The molecule has 24 heavy (non-hydrogen) atoms. The first-order chi connectivity index (χ1) is 11.7. The summed E-state index contributed by atoms with van der Waals surface area (Å²) in [6.45, 7) is 6.12. The van der Waals surface area contributed by atoms with Crippen LogP contribution in [0.4, 0.5) is 0 Å². The fourth-order valence-corrected chi connectivity index (χ4v) is 2.98. The molecule has 0 amide bonds. The maximum absolute atomic E-state index is 5.55. The fourth-order valence-electron chi connectivity index (χ4n) is 2.98. The first-order valence-corrected chi connectivity index (χ1v) is 8.30. The van der Waals surface area contributed by atoms with E-state index in [9.17, 15) is 0 Å². The smallest absolute Gasteiger partial charge is 0.255 e. The van der Waals surface area contributed by atoms with Crippen molar-refractivity contribution in [3.8, 4) is 0 Å². The number of hydrogen-bond donors (Lipinski definition) is 2. The monoisotopic (exact) mass is 327 g/mol. The summed E-state index contributed by atoms with van der Waals surface area (Å²) in [4.78, 5) is 12.4. The third-order valence-electron chi connectivity index (χ3n) is 4.49. The van der Waals surface area contributed by atoms with Gasteiger partial charge in [-0.3, -0.25) is 0 Å². The summed E-state index contributed by atoms with van der Waals surface area (Å²) in [6.07, 6.45) is 1.96. The molecule has 0 aliphatic carbocycles. The highest BCUT2D eigenvalue weighted by Crippen LogP contribution is 2.26. The molecule has 1 atom stereocenters. The van der Waals surface area contributed by atoms with Gasteiger partial charge in [-0.2, -0.15) is 4.98 Å². The van der Waals surface area contributed by atoms with Gasteiger partial charge >= 0.3 is 0 Å². The Morgan fingerprint density at radius 2 is 2.17 bits per heavy atom. The average Bonchev–Trinajstić information content (AvgIpc) is 3.30. The lowest BCUT2D eigenvalue weighted by Gasteiger charge is -2.00. The zero-order valence-electron chi connectivity index (χ0n) is 13.9. The Kier molecular flexibility index (Phi) is 4.03. The maximum Gasteiger partial charge on any atom is 0.255 e. The first kappa shape index (κ1) is 15.3. The zero-order chi connectivity index (χ0) is 16.5. The summed E-state index contributed by atoms with van der Waals surface area (Å²) in [5.74, 6) is 2.13. The minimum Gasteiger partial charge on any atom is -0.368 e. The van der Waals surface area contributed by atoms with Crippen molar-refractivity contribution in [1.29, 1.82) is 0 Å². The Balaban J connectivity index is 1.38. The number of aryl methyl sites for hydroxylation is 2. The highest BCUT2D eigenvalue weighted by molar-refractivity contribution is 5.79. The lowest BCUT2D eigenvalue weighted by atomic mass is 10.1. The number of ether oxygens (including phenoxy) is 1. The molecule has 0 saturated carbocycles. The summed E-state index contributed by atoms with van der Waals surface area (Å²) >= 11 is 0. The van der Waals surface area contributed by atoms with E-state index in [4.69, 9.17) is 9.26 Å². The third-order valence-corrected chi connectivity index (χ3v) is 4.49. The Morgan fingerprint density at radius 1 is 1.25 bits per heavy atom. The first-order valence-electron chi connectivity index (χ1n) is 8.30. The van der Waals surface area contributed by atoms with E-state index < -0.39 is 0 Å². The molecule has 0 radical (unpaired) electrons. The molecular formula is C17H21N5O2. The molecule has 7 heteroatoms. The zero-order valence-corrected chi connectivity index (χ0v) is 13.9. The van der Waals surface area contributed by atoms with Crippen molar-refractivity contribution in [1.82, 2.24) is 25.4 Å². The average molecular weight is 327 g/mol. The molecule has 3 aromatic rings. The van der Waals surface area contributed by atoms with E-state index in [2.05, 4.69) is 51.4 Å². The van der Waals surface area contributed by atoms with E-state index >= 15 is 0 Å². The Morgan fingerprint density at radius 3 is 3.00 bits per heavy atom. The van der Waals surface area contributed by atoms with Gasteiger partial charge in [0.15, 0.2) is 5.82 Å². The van der Waals surface area contributed by atoms with Crippen LogP contribution >= 0.6 is 0 Å². The molecule has 1 aliphatic rings. The molecule has 7 nitrogen and oxygen atoms in total. The van der Waals surface area contributed by atoms with Gasteiger partial charge < -0.3 is 19.6 Å². The molecule has 1 aromatic carbocycles. The van der Waals surface area contributed by atoms with Gasteiger partial charge in [0.2, 0.25) is 0 Å². The van der Waals surface area contributed by atoms with Crippen LogP contribution in [0.3, 0.4) is 0 Å². The van der Waals surface area contributed by atoms with Gasteiger partial charge in [0.05, 0.1) is 24.1 Å². The summed E-state index contributed by atoms with van der Waals surface area (Å²) in [7, 11) is 0. The number of benzene rings is 1. The second kappa shape index (κ2) is 6.33. The van der Waals surface area contributed by atoms with Gasteiger partial charge in [-0.1, -0.05) is 11.2 Å². The van der Waals surface area contributed by atoms with Crippen LogP contribution in [0.25, 0.3) is 11.0 Å². The van der Waals surface area contributed by atoms with Gasteiger partial charge in [-0.05, 0) is 43.9 Å². The van der Waals surface area contributed by atoms with Gasteiger partial charge in [0.25, 0.3) is 5.89 Å². The summed E-state index contributed by atoms with van der Waals surface area (Å²) in [5, 5.41) is 7.30. The van der Waals surface area contributed by atoms with Crippen molar-refractivity contribution in [2.45, 2.75) is 45.9 Å². The number of nitrogens with one attached hydrogen (secondary N) is 2. The van der Waals surface area contributed by atoms with E-state index in [1.165, 1.54) is 11.1 Å². The second-order valence-electron chi connectivity index (χ2n) is 6.24. The van der Waals surface area contributed by atoms with Crippen molar-refractivity contribution in [3.63, 3.8) is 0 Å². The summed E-state index contributed by atoms with van der Waals surface area (Å²) in [5.41, 5.74) is 4.57. The second-order valence-corrected chi connectivity index (χ2v) is 6.24. The van der Waals surface area contributed by atoms with Crippen LogP contribution in [0.5, 0.6) is 0 Å². The minimum atomic E-state index is -0.0344. The predicted molar refractivity (Wildman–Crippen MR) is 88.3 cm³/mol. The molecule has 3 heterocycles. The molecule has 1 aliphatic heterocycles. The molecular weight excluding hydrogens is 306 g/mol. The lowest BCUT2D eigenvalue weighted by molar-refractivity contribution is 0.0835. The van der Waals surface area contributed by atoms with Gasteiger partial charge in [0, 0.05) is 6.61 Å². The molecule has 4 rings (SSSR count). The number of nitrogens with zero attached hydrogens (tertiary/aromatic N) is 3. The maximum atomic E-state index is 5.55. The number of H-pyrrole nitrogens is 1. The topological polar surface area (TPSA) is 88.9 Å². The summed E-state index contributed by atoms with van der Waals surface area (Å²) < 4.78 is 10.8. The molecule has 0 unspecified atom stereocenters. The van der Waals surface area contributed by atoms with Crippen LogP contribution in [-0.2, 0) is 17.8 Å². The SMILES string of the molecule is Cc1ccc2[nH]c(CNCc3noc([C@H]4CCCO4)n3)nc2c1C. The van der Waals surface area contributed by atoms with Crippen LogP contribution in [-0.4, -0.2) is 26.7 Å². The third kappa shape index (κ3) is 2.92. The number of fused-ring (bicyclic) bond motifs is 1. The standard InChI is InChI=1S/C17H21N5O2/c1-10-5-6-12-16(11(10)2)20-14(19-12)8-18-9-15-21-17(24-22-15)13-4-3-7-23-13/h5-6,13,18H,3-4,7-9H2,1-2H3,(H,19,20)/t13-/m1/s1. The normalized spacial score (nSPS) is 17.8. The highest BCUT2D eigenvalue weighted by Gasteiger charge is 2.23. The van der Waals surface area contributed by atoms with E-state index in [-0.39, 0.29) is 6.10 Å². The minimum absolute atomic E-state index is 0.0344. The van der Waals surface area contributed by atoms with Crippen LogP contribution in [0, 0.1) is 13.8 Å². The Labute approximate surface area is 139 Å². The highest BCUT2D eigenvalue weighted by atomic mass is 16.5. The predicted octanol–water partition coefficient (Wildman–Crippen LogP) is 2.70. The van der Waals surface area contributed by atoms with Crippen molar-refractivity contribution >= 4 is 11.0 Å². The van der Waals surface area contributed by atoms with E-state index in [0.29, 0.717) is 24.8 Å². The van der Waals surface area contributed by atoms with Crippen LogP contribution < -0.4 is 5.32 Å². The van der Waals surface area contributed by atoms with Crippen molar-refractivity contribution in [2.75, 3.05) is 6.61 Å². The van der Waals surface area contributed by atoms with Gasteiger partial charge in [-0.25, -0.2) is 4.98 Å². The number of aromatic nitrogens is 4. The molecule has 2 N–H and O–H groups in total. The van der Waals surface area contributed by atoms with Crippen LogP contribution in [0.2, 0.25) is 0 Å². The Bertz CT molecular complexity index is 848. The molecule has 0 bridgehead atoms. The largest absolute Gasteiger partial charge is 0.368 e. The molecule has 1 saturated heterocycles. The quantitative estimate of drug-likeness (QED) is 0.749. The molecule has 1 fully saturated rings. The Hall–Kier alpha value is -2.25. The van der Waals surface area contributed by atoms with Crippen molar-refractivity contribution < 1.29 is 9.26 Å². The van der Waals surface area contributed by atoms with E-state index in [1.54, 1.807) is 0 Å². The molecule has 2 aromatic heterocycles. The lowest BCUT2D eigenvalue weighted by Crippen LogP contribution is -2.14. The summed E-state index contributed by atoms with van der Waals surface area (Å²) in [6, 6.07) is 4.18. The van der Waals surface area contributed by atoms with Crippen LogP contribution in [0.15, 0.2) is 16.7 Å². The van der Waals surface area contributed by atoms with Gasteiger partial charge in [-0.15, -0.1) is 0 Å². The fraction of sp³-hybridized carbons (Fsp3) is 0.471. The number of hydrogen-bond acceptors (Lipinski definition) is 6. The van der Waals surface area contributed by atoms with E-state index in [1.807, 2.05) is 0 Å². The van der Waals surface area contributed by atoms with Crippen molar-refractivity contribution in [2.24, 2.45) is 0 Å². The number of imidazole rings is 1. The van der Waals surface area contributed by atoms with Gasteiger partial charge in [0.1, 0.15) is 11.9 Å². The van der Waals surface area contributed by atoms with E-state index in [0.717, 1.165) is 36.3 Å². The van der Waals surface area contributed by atoms with Crippen molar-refractivity contribution in [3.05, 3.63) is 40.8 Å². The molecule has 0 spiro atoms.